The number of unbranched alkanes of at least 4 members (excludes halogenated alkanes) is 1. The topological polar surface area (TPSA) is 69.9 Å². The quantitative estimate of drug-likeness (QED) is 0.622. The maximum Gasteiger partial charge on any atom is 0.143 e. The highest BCUT2D eigenvalue weighted by molar-refractivity contribution is 4.96. The van der Waals surface area contributed by atoms with Crippen LogP contribution in [0.5, 0.6) is 0 Å². The Labute approximate surface area is 97.2 Å². The van der Waals surface area contributed by atoms with E-state index in [4.69, 9.17) is 9.84 Å². The molecule has 1 aliphatic carbocycles. The van der Waals surface area contributed by atoms with E-state index in [2.05, 4.69) is 6.92 Å². The fraction of sp³-hybridized carbons (Fsp3) is 1.00. The summed E-state index contributed by atoms with van der Waals surface area (Å²) in [4.78, 5) is 0. The molecule has 0 aliphatic heterocycles. The first-order valence-corrected chi connectivity index (χ1v) is 6.08. The summed E-state index contributed by atoms with van der Waals surface area (Å²) >= 11 is 0. The summed E-state index contributed by atoms with van der Waals surface area (Å²) in [7, 11) is 0. The lowest BCUT2D eigenvalue weighted by Gasteiger charge is -2.44. The van der Waals surface area contributed by atoms with E-state index in [1.165, 1.54) is 0 Å². The number of ether oxygens (including phenoxy) is 1. The van der Waals surface area contributed by atoms with Crippen LogP contribution in [0.1, 0.15) is 52.4 Å². The third-order valence-electron chi connectivity index (χ3n) is 3.29. The van der Waals surface area contributed by atoms with Crippen molar-refractivity contribution in [3.05, 3.63) is 0 Å². The van der Waals surface area contributed by atoms with E-state index >= 15 is 0 Å². The molecule has 0 aromatic rings. The van der Waals surface area contributed by atoms with Crippen molar-refractivity contribution in [3.63, 3.8) is 0 Å². The molecule has 0 bridgehead atoms. The Hall–Kier alpha value is -0.160. The first-order valence-electron chi connectivity index (χ1n) is 6.08. The second kappa shape index (κ2) is 5.45. The van der Waals surface area contributed by atoms with Crippen LogP contribution < -0.4 is 0 Å². The lowest BCUT2D eigenvalue weighted by atomic mass is 9.72. The fourth-order valence-corrected chi connectivity index (χ4v) is 2.76. The molecule has 0 amide bonds. The maximum absolute atomic E-state index is 10.4. The zero-order chi connectivity index (χ0) is 12.2. The van der Waals surface area contributed by atoms with E-state index in [-0.39, 0.29) is 12.9 Å². The van der Waals surface area contributed by atoms with E-state index < -0.39 is 11.2 Å². The summed E-state index contributed by atoms with van der Waals surface area (Å²) in [5.74, 6) is 0. The van der Waals surface area contributed by atoms with Crippen molar-refractivity contribution >= 4 is 0 Å². The highest BCUT2D eigenvalue weighted by Gasteiger charge is 2.44. The predicted molar refractivity (Wildman–Crippen MR) is 60.9 cm³/mol. The lowest BCUT2D eigenvalue weighted by molar-refractivity contribution is -0.167. The SMILES string of the molecule is CCCCC1(O)CC(OCO)C[C@](C)(O)C1. The lowest BCUT2D eigenvalue weighted by Crippen LogP contribution is -2.50. The molecular weight excluding hydrogens is 208 g/mol. The van der Waals surface area contributed by atoms with Gasteiger partial charge in [-0.2, -0.15) is 0 Å². The maximum atomic E-state index is 10.4. The van der Waals surface area contributed by atoms with E-state index in [1.54, 1.807) is 6.92 Å². The van der Waals surface area contributed by atoms with Crippen LogP contribution in [0.3, 0.4) is 0 Å². The van der Waals surface area contributed by atoms with Gasteiger partial charge in [-0.3, -0.25) is 0 Å². The largest absolute Gasteiger partial charge is 0.390 e. The average molecular weight is 232 g/mol. The minimum absolute atomic E-state index is 0.254. The van der Waals surface area contributed by atoms with Gasteiger partial charge in [0.05, 0.1) is 17.3 Å². The van der Waals surface area contributed by atoms with Crippen molar-refractivity contribution in [1.82, 2.24) is 0 Å². The van der Waals surface area contributed by atoms with E-state index in [9.17, 15) is 10.2 Å². The van der Waals surface area contributed by atoms with Crippen molar-refractivity contribution < 1.29 is 20.1 Å². The van der Waals surface area contributed by atoms with Gasteiger partial charge in [0.25, 0.3) is 0 Å². The summed E-state index contributed by atoms with van der Waals surface area (Å²) in [5, 5.41) is 29.2. The van der Waals surface area contributed by atoms with Gasteiger partial charge in [0.1, 0.15) is 6.79 Å². The van der Waals surface area contributed by atoms with Gasteiger partial charge in [-0.25, -0.2) is 0 Å². The van der Waals surface area contributed by atoms with Crippen LogP contribution >= 0.6 is 0 Å². The summed E-state index contributed by atoms with van der Waals surface area (Å²) in [6, 6.07) is 0. The number of hydrogen-bond acceptors (Lipinski definition) is 4. The zero-order valence-electron chi connectivity index (χ0n) is 10.3. The van der Waals surface area contributed by atoms with Gasteiger partial charge in [-0.05, 0) is 13.3 Å². The molecule has 0 radical (unpaired) electrons. The number of rotatable bonds is 5. The van der Waals surface area contributed by atoms with Crippen molar-refractivity contribution in [3.8, 4) is 0 Å². The third-order valence-corrected chi connectivity index (χ3v) is 3.29. The van der Waals surface area contributed by atoms with Gasteiger partial charge in [-0.1, -0.05) is 19.8 Å². The zero-order valence-corrected chi connectivity index (χ0v) is 10.3. The van der Waals surface area contributed by atoms with Crippen LogP contribution in [0.4, 0.5) is 0 Å². The summed E-state index contributed by atoms with van der Waals surface area (Å²) in [6.07, 6.45) is 3.77. The molecular formula is C12H24O4. The molecule has 1 saturated carbocycles. The third kappa shape index (κ3) is 4.01. The molecule has 0 saturated heterocycles. The van der Waals surface area contributed by atoms with Crippen LogP contribution in [-0.2, 0) is 4.74 Å². The number of aliphatic hydroxyl groups is 3. The molecule has 0 heterocycles. The molecule has 16 heavy (non-hydrogen) atoms. The molecule has 0 spiro atoms. The smallest absolute Gasteiger partial charge is 0.143 e. The molecule has 2 unspecified atom stereocenters. The first kappa shape index (κ1) is 13.9. The monoisotopic (exact) mass is 232 g/mol. The van der Waals surface area contributed by atoms with Gasteiger partial charge >= 0.3 is 0 Å². The van der Waals surface area contributed by atoms with Gasteiger partial charge < -0.3 is 20.1 Å². The highest BCUT2D eigenvalue weighted by Crippen LogP contribution is 2.39. The second-order valence-corrected chi connectivity index (χ2v) is 5.33. The molecule has 1 rings (SSSR count). The number of aliphatic hydroxyl groups excluding tert-OH is 1. The van der Waals surface area contributed by atoms with Crippen molar-refractivity contribution in [2.45, 2.75) is 69.7 Å². The highest BCUT2D eigenvalue weighted by atomic mass is 16.6. The molecule has 1 aliphatic rings. The molecule has 3 atom stereocenters. The standard InChI is InChI=1S/C12H24O4/c1-3-4-5-12(15)7-10(16-9-13)6-11(2,14)8-12/h10,13-15H,3-9H2,1-2H3/t10?,11-,12?/m0/s1. The van der Waals surface area contributed by atoms with Crippen LogP contribution in [0.2, 0.25) is 0 Å². The molecule has 1 fully saturated rings. The summed E-state index contributed by atoms with van der Waals surface area (Å²) in [5.41, 5.74) is -1.75. The van der Waals surface area contributed by atoms with Gasteiger partial charge in [0.15, 0.2) is 0 Å². The predicted octanol–water partition coefficient (Wildman–Crippen LogP) is 1.18. The van der Waals surface area contributed by atoms with Crippen molar-refractivity contribution in [2.75, 3.05) is 6.79 Å². The molecule has 3 N–H and O–H groups in total. The Kier molecular flexibility index (Phi) is 4.73. The van der Waals surface area contributed by atoms with Crippen LogP contribution in [0, 0.1) is 0 Å². The first-order chi connectivity index (χ1) is 7.41. The van der Waals surface area contributed by atoms with Gasteiger partial charge in [0, 0.05) is 19.3 Å². The van der Waals surface area contributed by atoms with Crippen molar-refractivity contribution in [2.24, 2.45) is 0 Å². The number of hydrogen-bond donors (Lipinski definition) is 3. The molecule has 4 nitrogen and oxygen atoms in total. The normalized spacial score (nSPS) is 39.9. The van der Waals surface area contributed by atoms with E-state index in [0.717, 1.165) is 12.8 Å². The Morgan fingerprint density at radius 1 is 1.31 bits per heavy atom. The average Bonchev–Trinajstić information content (AvgIpc) is 2.12. The summed E-state index contributed by atoms with van der Waals surface area (Å²) in [6.45, 7) is 3.44. The second-order valence-electron chi connectivity index (χ2n) is 5.33. The molecule has 4 heteroatoms. The van der Waals surface area contributed by atoms with E-state index in [0.29, 0.717) is 25.7 Å². The Balaban J connectivity index is 2.63. The molecule has 0 aromatic heterocycles. The van der Waals surface area contributed by atoms with Crippen molar-refractivity contribution in [1.29, 1.82) is 0 Å². The van der Waals surface area contributed by atoms with Crippen LogP contribution in [0.15, 0.2) is 0 Å². The van der Waals surface area contributed by atoms with E-state index in [1.807, 2.05) is 0 Å². The van der Waals surface area contributed by atoms with Crippen LogP contribution in [-0.4, -0.2) is 39.4 Å². The Morgan fingerprint density at radius 2 is 2.00 bits per heavy atom. The minimum Gasteiger partial charge on any atom is -0.390 e. The molecule has 96 valence electrons. The Morgan fingerprint density at radius 3 is 2.56 bits per heavy atom. The molecule has 0 aromatic carbocycles. The summed E-state index contributed by atoms with van der Waals surface area (Å²) < 4.78 is 5.13. The van der Waals surface area contributed by atoms with Gasteiger partial charge in [-0.15, -0.1) is 0 Å². The Bertz CT molecular complexity index is 217. The van der Waals surface area contributed by atoms with Crippen LogP contribution in [0.25, 0.3) is 0 Å². The minimum atomic E-state index is -0.902. The van der Waals surface area contributed by atoms with Gasteiger partial charge in [0.2, 0.25) is 0 Å². The fourth-order valence-electron chi connectivity index (χ4n) is 2.76.